The van der Waals surface area contributed by atoms with E-state index in [9.17, 15) is 0 Å². The Kier molecular flexibility index (Phi) is 14.6. The van der Waals surface area contributed by atoms with Crippen LogP contribution in [0.2, 0.25) is 0 Å². The number of hydrogen-bond acceptors (Lipinski definition) is 0. The molecule has 0 saturated heterocycles. The van der Waals surface area contributed by atoms with Crippen molar-refractivity contribution in [3.8, 4) is 89.3 Å². The van der Waals surface area contributed by atoms with E-state index in [0.29, 0.717) is 0 Å². The molecule has 0 radical (unpaired) electrons. The number of nitrogens with zero attached hydrogens (tertiary/aromatic N) is 2. The van der Waals surface area contributed by atoms with Crippen molar-refractivity contribution in [2.75, 3.05) is 0 Å². The van der Waals surface area contributed by atoms with Gasteiger partial charge in [-0.05, 0) is 170 Å². The summed E-state index contributed by atoms with van der Waals surface area (Å²) in [7, 11) is 0. The van der Waals surface area contributed by atoms with E-state index >= 15 is 0 Å². The summed E-state index contributed by atoms with van der Waals surface area (Å²) in [4.78, 5) is 0. The SMILES string of the molecule is c1ccc(-c2ccc(-c3ccc(-c4ccc(-n5c6ccccc6c6c7c8ccccc8c(-c8ccccc8)cc7c7ccccc7c65)cc4)cc3)cc2)cc1.c1ccc(-c2ccc(-c3cccc(-n4c5ccccc5c5c6c7ccccc7c(-c7ccccc7)cc6c6ccccc6c54)c3)cc2)cc1. The second kappa shape index (κ2) is 25.2. The van der Waals surface area contributed by atoms with Crippen LogP contribution in [0.5, 0.6) is 0 Å². The molecular weight excluding hydrogens is 1250 g/mol. The van der Waals surface area contributed by atoms with Crippen LogP contribution >= 0.6 is 0 Å². The Morgan fingerprint density at radius 1 is 0.135 bits per heavy atom. The summed E-state index contributed by atoms with van der Waals surface area (Å²) in [5.41, 5.74) is 24.4. The average molecular weight is 1320 g/mol. The van der Waals surface area contributed by atoms with Crippen molar-refractivity contribution in [1.82, 2.24) is 9.13 Å². The molecule has 19 aromatic carbocycles. The molecule has 0 aliphatic rings. The molecule has 0 aliphatic heterocycles. The molecular formula is C102H66N2. The van der Waals surface area contributed by atoms with Crippen LogP contribution in [0.3, 0.4) is 0 Å². The lowest BCUT2D eigenvalue weighted by molar-refractivity contribution is 1.19. The fourth-order valence-corrected chi connectivity index (χ4v) is 16.8. The minimum absolute atomic E-state index is 1.15. The van der Waals surface area contributed by atoms with Gasteiger partial charge in [-0.25, -0.2) is 0 Å². The molecule has 0 bridgehead atoms. The van der Waals surface area contributed by atoms with Gasteiger partial charge in [-0.2, -0.15) is 0 Å². The summed E-state index contributed by atoms with van der Waals surface area (Å²) < 4.78 is 4.98. The van der Waals surface area contributed by atoms with Gasteiger partial charge in [-0.15, -0.1) is 0 Å². The summed E-state index contributed by atoms with van der Waals surface area (Å²) in [5, 5.41) is 20.5. The fourth-order valence-electron chi connectivity index (χ4n) is 16.8. The first-order valence-corrected chi connectivity index (χ1v) is 36.0. The number of para-hydroxylation sites is 2. The maximum Gasteiger partial charge on any atom is 0.0626 e. The Morgan fingerprint density at radius 3 is 0.788 bits per heavy atom. The van der Waals surface area contributed by atoms with Crippen LogP contribution in [-0.4, -0.2) is 9.13 Å². The molecule has 0 amide bonds. The third-order valence-corrected chi connectivity index (χ3v) is 21.6. The highest BCUT2D eigenvalue weighted by atomic mass is 15.0. The molecule has 484 valence electrons. The lowest BCUT2D eigenvalue weighted by Gasteiger charge is -2.16. The summed E-state index contributed by atoms with van der Waals surface area (Å²) >= 11 is 0. The van der Waals surface area contributed by atoms with Crippen molar-refractivity contribution in [2.45, 2.75) is 0 Å². The largest absolute Gasteiger partial charge is 0.309 e. The first-order valence-electron chi connectivity index (χ1n) is 36.0. The lowest BCUT2D eigenvalue weighted by Crippen LogP contribution is -1.96. The minimum atomic E-state index is 1.15. The van der Waals surface area contributed by atoms with E-state index in [1.165, 1.54) is 186 Å². The van der Waals surface area contributed by atoms with Gasteiger partial charge in [0, 0.05) is 54.5 Å². The Labute approximate surface area is 603 Å². The van der Waals surface area contributed by atoms with Gasteiger partial charge >= 0.3 is 0 Å². The van der Waals surface area contributed by atoms with Crippen LogP contribution in [0.1, 0.15) is 0 Å². The van der Waals surface area contributed by atoms with Gasteiger partial charge in [-0.1, -0.05) is 352 Å². The zero-order chi connectivity index (χ0) is 68.6. The van der Waals surface area contributed by atoms with Crippen LogP contribution in [0.4, 0.5) is 0 Å². The van der Waals surface area contributed by atoms with Gasteiger partial charge < -0.3 is 9.13 Å². The van der Waals surface area contributed by atoms with Gasteiger partial charge in [0.1, 0.15) is 0 Å². The van der Waals surface area contributed by atoms with E-state index < -0.39 is 0 Å². The molecule has 0 spiro atoms. The number of fused-ring (bicyclic) bond motifs is 20. The monoisotopic (exact) mass is 1320 g/mol. The molecule has 0 atom stereocenters. The van der Waals surface area contributed by atoms with Gasteiger partial charge in [-0.3, -0.25) is 0 Å². The van der Waals surface area contributed by atoms with Crippen molar-refractivity contribution in [3.05, 3.63) is 400 Å². The van der Waals surface area contributed by atoms with E-state index in [0.717, 1.165) is 11.4 Å². The Bertz CT molecular complexity index is 6870. The molecule has 2 aromatic heterocycles. The van der Waals surface area contributed by atoms with Crippen molar-refractivity contribution in [1.29, 1.82) is 0 Å². The molecule has 0 fully saturated rings. The number of aromatic nitrogens is 2. The first-order chi connectivity index (χ1) is 51.6. The molecule has 0 N–H and O–H groups in total. The molecule has 104 heavy (non-hydrogen) atoms. The summed E-state index contributed by atoms with van der Waals surface area (Å²) in [6.07, 6.45) is 0. The second-order valence-corrected chi connectivity index (χ2v) is 27.3. The predicted molar refractivity (Wildman–Crippen MR) is 445 cm³/mol. The van der Waals surface area contributed by atoms with Crippen LogP contribution in [0.15, 0.2) is 400 Å². The van der Waals surface area contributed by atoms with Crippen LogP contribution in [-0.2, 0) is 0 Å². The topological polar surface area (TPSA) is 9.86 Å². The number of rotatable bonds is 9. The maximum absolute atomic E-state index is 2.49. The van der Waals surface area contributed by atoms with Crippen molar-refractivity contribution >= 4 is 108 Å². The van der Waals surface area contributed by atoms with Crippen molar-refractivity contribution in [3.63, 3.8) is 0 Å². The van der Waals surface area contributed by atoms with Crippen LogP contribution < -0.4 is 0 Å². The molecule has 0 saturated carbocycles. The van der Waals surface area contributed by atoms with Crippen molar-refractivity contribution in [2.24, 2.45) is 0 Å². The molecule has 21 rings (SSSR count). The summed E-state index contributed by atoms with van der Waals surface area (Å²) in [5.74, 6) is 0. The predicted octanol–water partition coefficient (Wildman–Crippen LogP) is 28.2. The number of benzene rings is 19. The van der Waals surface area contributed by atoms with Gasteiger partial charge in [0.25, 0.3) is 0 Å². The quantitative estimate of drug-likeness (QED) is 0.128. The maximum atomic E-state index is 2.49. The number of hydrogen-bond donors (Lipinski definition) is 0. The van der Waals surface area contributed by atoms with Crippen LogP contribution in [0.25, 0.3) is 198 Å². The highest BCUT2D eigenvalue weighted by Crippen LogP contribution is 2.50. The van der Waals surface area contributed by atoms with E-state index in [1.54, 1.807) is 0 Å². The molecule has 0 aliphatic carbocycles. The third kappa shape index (κ3) is 10.1. The fraction of sp³-hybridized carbons (Fsp3) is 0. The standard InChI is InChI=1S/C54H35N.C48H31N/c1-3-13-36(14-4-1)37-23-25-38(26-24-37)39-27-29-40(30-28-39)41-31-33-43(34-32-41)55-51-22-12-11-21-48(51)53-52-46-19-9-7-17-44(46)49(42-15-5-2-6-16-42)35-50(52)45-18-8-10-20-47(45)54(53)55;1-3-14-32(15-4-1)33-26-28-34(29-27-33)36-18-13-19-37(30-36)49-45-25-12-11-24-42(45)47-46-40-22-9-7-20-38(40)43(35-16-5-2-6-17-35)31-44(46)39-21-8-10-23-41(39)48(47)49/h1-35H;1-31H. The van der Waals surface area contributed by atoms with Crippen LogP contribution in [0, 0.1) is 0 Å². The van der Waals surface area contributed by atoms with E-state index in [4.69, 9.17) is 0 Å². The highest BCUT2D eigenvalue weighted by Gasteiger charge is 2.25. The summed E-state index contributed by atoms with van der Waals surface area (Å²) in [6.45, 7) is 0. The first kappa shape index (κ1) is 60.3. The van der Waals surface area contributed by atoms with E-state index in [1.807, 2.05) is 0 Å². The smallest absolute Gasteiger partial charge is 0.0626 e. The molecule has 21 aromatic rings. The molecule has 2 heteroatoms. The lowest BCUT2D eigenvalue weighted by atomic mass is 9.88. The Hall–Kier alpha value is -13.7. The Morgan fingerprint density at radius 2 is 0.404 bits per heavy atom. The zero-order valence-corrected chi connectivity index (χ0v) is 57.0. The highest BCUT2D eigenvalue weighted by molar-refractivity contribution is 6.39. The van der Waals surface area contributed by atoms with Gasteiger partial charge in [0.05, 0.1) is 22.1 Å². The molecule has 2 heterocycles. The molecule has 0 unspecified atom stereocenters. The average Bonchev–Trinajstić information content (AvgIpc) is 1.49. The van der Waals surface area contributed by atoms with Crippen molar-refractivity contribution < 1.29 is 0 Å². The van der Waals surface area contributed by atoms with Gasteiger partial charge in [0.15, 0.2) is 0 Å². The normalized spacial score (nSPS) is 11.7. The zero-order valence-electron chi connectivity index (χ0n) is 57.0. The molecule has 2 nitrogen and oxygen atoms in total. The van der Waals surface area contributed by atoms with E-state index in [2.05, 4.69) is 410 Å². The minimum Gasteiger partial charge on any atom is -0.309 e. The summed E-state index contributed by atoms with van der Waals surface area (Å²) in [6, 6.07) is 146. The Balaban J connectivity index is 0.000000139. The van der Waals surface area contributed by atoms with Gasteiger partial charge in [0.2, 0.25) is 0 Å². The van der Waals surface area contributed by atoms with E-state index in [-0.39, 0.29) is 0 Å². The third-order valence-electron chi connectivity index (χ3n) is 21.6. The second-order valence-electron chi connectivity index (χ2n) is 27.3.